The van der Waals surface area contributed by atoms with Gasteiger partial charge in [-0.3, -0.25) is 9.69 Å². The summed E-state index contributed by atoms with van der Waals surface area (Å²) in [7, 11) is 0. The molecule has 2 aliphatic rings. The van der Waals surface area contributed by atoms with Gasteiger partial charge in [0.15, 0.2) is 0 Å². The third kappa shape index (κ3) is 4.53. The van der Waals surface area contributed by atoms with Gasteiger partial charge in [-0.15, -0.1) is 0 Å². The number of rotatable bonds is 5. The van der Waals surface area contributed by atoms with Crippen LogP contribution in [0.3, 0.4) is 0 Å². The van der Waals surface area contributed by atoms with Crippen molar-refractivity contribution in [2.75, 3.05) is 46.0 Å². The van der Waals surface area contributed by atoms with Crippen LogP contribution in [0.1, 0.15) is 25.3 Å². The number of likely N-dealkylation sites (N-methyl/N-ethyl adjacent to an activating group) is 1. The highest BCUT2D eigenvalue weighted by Crippen LogP contribution is 2.35. The summed E-state index contributed by atoms with van der Waals surface area (Å²) in [5, 5.41) is 3.86. The Kier molecular flexibility index (Phi) is 6.34. The van der Waals surface area contributed by atoms with Crippen LogP contribution in [0.4, 0.5) is 0 Å². The van der Waals surface area contributed by atoms with Crippen molar-refractivity contribution in [2.24, 2.45) is 0 Å². The minimum Gasteiger partial charge on any atom is -0.381 e. The van der Waals surface area contributed by atoms with E-state index in [1.165, 1.54) is 5.56 Å². The summed E-state index contributed by atoms with van der Waals surface area (Å²) in [4.78, 5) is 14.9. The number of carbonyl (C=O) groups is 1. The molecule has 2 saturated heterocycles. The van der Waals surface area contributed by atoms with Crippen LogP contribution in [0, 0.1) is 0 Å². The molecule has 1 N–H and O–H groups in total. The van der Waals surface area contributed by atoms with Crippen molar-refractivity contribution in [3.63, 3.8) is 0 Å². The van der Waals surface area contributed by atoms with Gasteiger partial charge in [-0.1, -0.05) is 30.7 Å². The molecule has 1 unspecified atom stereocenters. The monoisotopic (exact) mass is 366 g/mol. The molecule has 0 aromatic heterocycles. The first-order chi connectivity index (χ1) is 12.1. The number of carbonyl (C=O) groups excluding carboxylic acids is 1. The number of hydrogen-bond donors (Lipinski definition) is 1. The van der Waals surface area contributed by atoms with Crippen LogP contribution >= 0.6 is 11.6 Å². The Morgan fingerprint density at radius 2 is 2.16 bits per heavy atom. The largest absolute Gasteiger partial charge is 0.381 e. The fourth-order valence-electron chi connectivity index (χ4n) is 3.67. The molecule has 1 amide bonds. The van der Waals surface area contributed by atoms with Crippen LogP contribution in [0.2, 0.25) is 5.02 Å². The first-order valence-corrected chi connectivity index (χ1v) is 9.46. The quantitative estimate of drug-likeness (QED) is 0.868. The minimum absolute atomic E-state index is 0.0222. The van der Waals surface area contributed by atoms with Crippen molar-refractivity contribution in [3.05, 3.63) is 34.9 Å². The van der Waals surface area contributed by atoms with E-state index < -0.39 is 0 Å². The fraction of sp³-hybridized carbons (Fsp3) is 0.632. The van der Waals surface area contributed by atoms with Crippen LogP contribution in [0.15, 0.2) is 24.3 Å². The number of hydrogen-bond acceptors (Lipinski definition) is 4. The predicted molar refractivity (Wildman–Crippen MR) is 98.0 cm³/mol. The molecule has 2 heterocycles. The summed E-state index contributed by atoms with van der Waals surface area (Å²) in [5.74, 6) is -0.0222. The van der Waals surface area contributed by atoms with Crippen molar-refractivity contribution in [3.8, 4) is 0 Å². The maximum Gasteiger partial charge on any atom is 0.250 e. The zero-order valence-electron chi connectivity index (χ0n) is 14.8. The third-order valence-corrected chi connectivity index (χ3v) is 5.61. The molecule has 25 heavy (non-hydrogen) atoms. The molecule has 2 aliphatic heterocycles. The van der Waals surface area contributed by atoms with Gasteiger partial charge in [0.2, 0.25) is 0 Å². The highest BCUT2D eigenvalue weighted by atomic mass is 35.5. The van der Waals surface area contributed by atoms with Gasteiger partial charge < -0.3 is 14.8 Å². The molecule has 5 nitrogen and oxygen atoms in total. The Bertz CT molecular complexity index is 590. The van der Waals surface area contributed by atoms with Gasteiger partial charge in [-0.05, 0) is 37.1 Å². The summed E-state index contributed by atoms with van der Waals surface area (Å²) < 4.78 is 11.2. The predicted octanol–water partition coefficient (Wildman–Crippen LogP) is 2.23. The molecular formula is C19H27ClN2O3. The molecule has 0 radical (unpaired) electrons. The Balaban J connectivity index is 1.68. The first kappa shape index (κ1) is 18.6. The summed E-state index contributed by atoms with van der Waals surface area (Å²) in [5.41, 5.74) is 1.04. The lowest BCUT2D eigenvalue weighted by Crippen LogP contribution is -2.52. The van der Waals surface area contributed by atoms with Gasteiger partial charge in [0.25, 0.3) is 5.91 Å². The van der Waals surface area contributed by atoms with Gasteiger partial charge in [-0.25, -0.2) is 0 Å². The number of benzene rings is 1. The van der Waals surface area contributed by atoms with Crippen molar-refractivity contribution in [2.45, 2.75) is 31.3 Å². The number of halogens is 1. The second kappa shape index (κ2) is 8.49. The molecule has 0 aliphatic carbocycles. The maximum atomic E-state index is 12.6. The van der Waals surface area contributed by atoms with Gasteiger partial charge >= 0.3 is 0 Å². The molecule has 6 heteroatoms. The summed E-state index contributed by atoms with van der Waals surface area (Å²) in [6.07, 6.45) is 1.37. The van der Waals surface area contributed by atoms with Crippen LogP contribution in [-0.2, 0) is 19.7 Å². The molecule has 1 aromatic rings. The summed E-state index contributed by atoms with van der Waals surface area (Å²) >= 11 is 6.20. The van der Waals surface area contributed by atoms with E-state index in [1.54, 1.807) is 0 Å². The van der Waals surface area contributed by atoms with E-state index in [4.69, 9.17) is 21.1 Å². The molecule has 0 spiro atoms. The lowest BCUT2D eigenvalue weighted by Gasteiger charge is -2.39. The maximum absolute atomic E-state index is 12.6. The van der Waals surface area contributed by atoms with E-state index in [1.807, 2.05) is 18.2 Å². The fourth-order valence-corrected chi connectivity index (χ4v) is 3.86. The number of nitrogens with zero attached hydrogens (tertiary/aromatic N) is 1. The van der Waals surface area contributed by atoms with Crippen LogP contribution in [-0.4, -0.2) is 62.9 Å². The Morgan fingerprint density at radius 3 is 2.88 bits per heavy atom. The number of ether oxygens (including phenoxy) is 2. The summed E-state index contributed by atoms with van der Waals surface area (Å²) in [6, 6.07) is 7.96. The molecule has 138 valence electrons. The highest BCUT2D eigenvalue weighted by molar-refractivity contribution is 6.30. The molecule has 0 saturated carbocycles. The van der Waals surface area contributed by atoms with Crippen molar-refractivity contribution < 1.29 is 14.3 Å². The van der Waals surface area contributed by atoms with E-state index in [9.17, 15) is 4.79 Å². The van der Waals surface area contributed by atoms with Crippen LogP contribution < -0.4 is 5.32 Å². The van der Waals surface area contributed by atoms with Gasteiger partial charge in [0, 0.05) is 43.3 Å². The SMILES string of the molecule is CCN1CCOC(C(=O)NCC2(c3cccc(Cl)c3)CCOCC2)C1. The van der Waals surface area contributed by atoms with Gasteiger partial charge in [-0.2, -0.15) is 0 Å². The molecule has 3 rings (SSSR count). The van der Waals surface area contributed by atoms with E-state index in [2.05, 4.69) is 23.2 Å². The number of amides is 1. The Labute approximate surface area is 154 Å². The zero-order chi connectivity index (χ0) is 17.7. The molecule has 2 fully saturated rings. The topological polar surface area (TPSA) is 50.8 Å². The number of nitrogens with one attached hydrogen (secondary N) is 1. The van der Waals surface area contributed by atoms with E-state index in [-0.39, 0.29) is 17.4 Å². The van der Waals surface area contributed by atoms with Crippen molar-refractivity contribution >= 4 is 17.5 Å². The molecule has 1 atom stereocenters. The van der Waals surface area contributed by atoms with Gasteiger partial charge in [0.1, 0.15) is 6.10 Å². The second-order valence-electron chi connectivity index (χ2n) is 6.87. The normalized spacial score (nSPS) is 24.0. The van der Waals surface area contributed by atoms with Crippen molar-refractivity contribution in [1.82, 2.24) is 10.2 Å². The smallest absolute Gasteiger partial charge is 0.250 e. The van der Waals surface area contributed by atoms with E-state index >= 15 is 0 Å². The lowest BCUT2D eigenvalue weighted by molar-refractivity contribution is -0.138. The summed E-state index contributed by atoms with van der Waals surface area (Å²) in [6.45, 7) is 7.20. The first-order valence-electron chi connectivity index (χ1n) is 9.08. The van der Waals surface area contributed by atoms with Crippen LogP contribution in [0.25, 0.3) is 0 Å². The Morgan fingerprint density at radius 1 is 1.36 bits per heavy atom. The lowest BCUT2D eigenvalue weighted by atomic mass is 9.74. The second-order valence-corrected chi connectivity index (χ2v) is 7.31. The average molecular weight is 367 g/mol. The third-order valence-electron chi connectivity index (χ3n) is 5.38. The molecule has 0 bridgehead atoms. The van der Waals surface area contributed by atoms with Gasteiger partial charge in [0.05, 0.1) is 6.61 Å². The Hall–Kier alpha value is -1.14. The van der Waals surface area contributed by atoms with E-state index in [0.717, 1.165) is 31.0 Å². The number of morpholine rings is 1. The van der Waals surface area contributed by atoms with Crippen molar-refractivity contribution in [1.29, 1.82) is 0 Å². The molecule has 1 aromatic carbocycles. The van der Waals surface area contributed by atoms with E-state index in [0.29, 0.717) is 32.9 Å². The minimum atomic E-state index is -0.384. The van der Waals surface area contributed by atoms with Crippen LogP contribution in [0.5, 0.6) is 0 Å². The average Bonchev–Trinajstić information content (AvgIpc) is 2.67. The standard InChI is InChI=1S/C19H27ClN2O3/c1-2-22-8-11-25-17(13-22)18(23)21-14-19(6-9-24-10-7-19)15-4-3-5-16(20)12-15/h3-5,12,17H,2,6-11,13-14H2,1H3,(H,21,23). The highest BCUT2D eigenvalue weighted by Gasteiger charge is 2.36. The molecular weight excluding hydrogens is 340 g/mol. The zero-order valence-corrected chi connectivity index (χ0v) is 15.6.